The van der Waals surface area contributed by atoms with Crippen molar-refractivity contribution in [2.24, 2.45) is 0 Å². The SMILES string of the molecule is CC(Nc1ccc2c(c1)CCC2)C(=O)Nc1ccc([N+](=O)[O-])cc1Cl. The molecule has 1 aliphatic carbocycles. The number of carbonyl (C=O) groups excluding carboxylic acids is 1. The maximum Gasteiger partial charge on any atom is 0.271 e. The highest BCUT2D eigenvalue weighted by Crippen LogP contribution is 2.27. The van der Waals surface area contributed by atoms with E-state index in [2.05, 4.69) is 22.8 Å². The lowest BCUT2D eigenvalue weighted by molar-refractivity contribution is -0.384. The van der Waals surface area contributed by atoms with Gasteiger partial charge in [0.2, 0.25) is 5.91 Å². The lowest BCUT2D eigenvalue weighted by atomic mass is 10.1. The number of nitro benzene ring substituents is 1. The van der Waals surface area contributed by atoms with Gasteiger partial charge < -0.3 is 10.6 Å². The van der Waals surface area contributed by atoms with Crippen LogP contribution in [0.2, 0.25) is 5.02 Å². The van der Waals surface area contributed by atoms with E-state index in [1.165, 1.54) is 35.7 Å². The number of halogens is 1. The van der Waals surface area contributed by atoms with Crippen molar-refractivity contribution in [3.05, 3.63) is 62.7 Å². The summed E-state index contributed by atoms with van der Waals surface area (Å²) >= 11 is 6.01. The summed E-state index contributed by atoms with van der Waals surface area (Å²) in [6.07, 6.45) is 3.36. The summed E-state index contributed by atoms with van der Waals surface area (Å²) in [5, 5.41) is 16.7. The number of nitrogens with zero attached hydrogens (tertiary/aromatic N) is 1. The van der Waals surface area contributed by atoms with Crippen LogP contribution in [-0.4, -0.2) is 16.9 Å². The molecule has 6 nitrogen and oxygen atoms in total. The number of anilines is 2. The van der Waals surface area contributed by atoms with Gasteiger partial charge in [0.25, 0.3) is 5.69 Å². The Balaban J connectivity index is 1.65. The van der Waals surface area contributed by atoms with E-state index < -0.39 is 11.0 Å². The average molecular weight is 360 g/mol. The van der Waals surface area contributed by atoms with Gasteiger partial charge in [-0.15, -0.1) is 0 Å². The van der Waals surface area contributed by atoms with Gasteiger partial charge in [-0.25, -0.2) is 0 Å². The van der Waals surface area contributed by atoms with Crippen LogP contribution < -0.4 is 10.6 Å². The molecule has 0 saturated carbocycles. The molecule has 0 radical (unpaired) electrons. The molecule has 0 bridgehead atoms. The van der Waals surface area contributed by atoms with Crippen LogP contribution in [0.4, 0.5) is 17.1 Å². The van der Waals surface area contributed by atoms with Gasteiger partial charge in [0.05, 0.1) is 15.6 Å². The summed E-state index contributed by atoms with van der Waals surface area (Å²) in [5.41, 5.74) is 3.83. The molecule has 0 heterocycles. The fourth-order valence-corrected chi connectivity index (χ4v) is 3.16. The number of rotatable bonds is 5. The fourth-order valence-electron chi connectivity index (χ4n) is 2.94. The number of fused-ring (bicyclic) bond motifs is 1. The van der Waals surface area contributed by atoms with E-state index in [9.17, 15) is 14.9 Å². The Kier molecular flexibility index (Phi) is 4.90. The summed E-state index contributed by atoms with van der Waals surface area (Å²) in [7, 11) is 0. The number of carbonyl (C=O) groups is 1. The molecule has 25 heavy (non-hydrogen) atoms. The third kappa shape index (κ3) is 3.91. The van der Waals surface area contributed by atoms with Crippen LogP contribution in [0, 0.1) is 10.1 Å². The predicted molar refractivity (Wildman–Crippen MR) is 98.3 cm³/mol. The van der Waals surface area contributed by atoms with E-state index in [1.54, 1.807) is 6.92 Å². The first-order valence-electron chi connectivity index (χ1n) is 8.07. The number of aryl methyl sites for hydroxylation is 2. The molecule has 0 aliphatic heterocycles. The van der Waals surface area contributed by atoms with Crippen LogP contribution in [0.1, 0.15) is 24.5 Å². The smallest absolute Gasteiger partial charge is 0.271 e. The molecule has 0 spiro atoms. The predicted octanol–water partition coefficient (Wildman–Crippen LogP) is 4.18. The second-order valence-corrected chi connectivity index (χ2v) is 6.52. The third-order valence-corrected chi connectivity index (χ3v) is 4.61. The van der Waals surface area contributed by atoms with Gasteiger partial charge in [-0.1, -0.05) is 17.7 Å². The van der Waals surface area contributed by atoms with Crippen molar-refractivity contribution in [1.29, 1.82) is 0 Å². The van der Waals surface area contributed by atoms with E-state index in [0.29, 0.717) is 5.69 Å². The summed E-state index contributed by atoms with van der Waals surface area (Å²) in [6.45, 7) is 1.75. The molecule has 130 valence electrons. The number of nitro groups is 1. The molecule has 0 saturated heterocycles. The summed E-state index contributed by atoms with van der Waals surface area (Å²) in [6, 6.07) is 9.64. The molecule has 1 unspecified atom stereocenters. The van der Waals surface area contributed by atoms with Crippen LogP contribution in [0.15, 0.2) is 36.4 Å². The van der Waals surface area contributed by atoms with Crippen molar-refractivity contribution in [1.82, 2.24) is 0 Å². The van der Waals surface area contributed by atoms with Gasteiger partial charge >= 0.3 is 0 Å². The van der Waals surface area contributed by atoms with Gasteiger partial charge in [-0.2, -0.15) is 0 Å². The van der Waals surface area contributed by atoms with Crippen molar-refractivity contribution < 1.29 is 9.72 Å². The molecule has 7 heteroatoms. The van der Waals surface area contributed by atoms with Crippen LogP contribution in [0.25, 0.3) is 0 Å². The van der Waals surface area contributed by atoms with Crippen molar-refractivity contribution in [2.45, 2.75) is 32.2 Å². The molecule has 0 aromatic heterocycles. The zero-order valence-electron chi connectivity index (χ0n) is 13.7. The monoisotopic (exact) mass is 359 g/mol. The quantitative estimate of drug-likeness (QED) is 0.619. The van der Waals surface area contributed by atoms with Crippen LogP contribution in [0.3, 0.4) is 0 Å². The Morgan fingerprint density at radius 2 is 1.96 bits per heavy atom. The molecule has 1 aliphatic rings. The lowest BCUT2D eigenvalue weighted by Crippen LogP contribution is -2.32. The van der Waals surface area contributed by atoms with Gasteiger partial charge in [-0.3, -0.25) is 14.9 Å². The van der Waals surface area contributed by atoms with Crippen LogP contribution in [-0.2, 0) is 17.6 Å². The van der Waals surface area contributed by atoms with E-state index in [1.807, 2.05) is 6.07 Å². The minimum absolute atomic E-state index is 0.118. The molecular weight excluding hydrogens is 342 g/mol. The topological polar surface area (TPSA) is 84.3 Å². The van der Waals surface area contributed by atoms with E-state index in [-0.39, 0.29) is 16.6 Å². The Morgan fingerprint density at radius 3 is 2.68 bits per heavy atom. The summed E-state index contributed by atoms with van der Waals surface area (Å²) < 4.78 is 0. The number of amides is 1. The minimum Gasteiger partial charge on any atom is -0.374 e. The molecule has 0 fully saturated rings. The molecular formula is C18H18ClN3O3. The van der Waals surface area contributed by atoms with Crippen molar-refractivity contribution in [3.8, 4) is 0 Å². The standard InChI is InChI=1S/C18H18ClN3O3/c1-11(20-14-6-5-12-3-2-4-13(12)9-14)18(23)21-17-8-7-15(22(24)25)10-16(17)19/h5-11,20H,2-4H2,1H3,(H,21,23). The third-order valence-electron chi connectivity index (χ3n) is 4.30. The van der Waals surface area contributed by atoms with Crippen LogP contribution in [0.5, 0.6) is 0 Å². The van der Waals surface area contributed by atoms with Gasteiger partial charge in [0, 0.05) is 17.8 Å². The van der Waals surface area contributed by atoms with Crippen LogP contribution >= 0.6 is 11.6 Å². The van der Waals surface area contributed by atoms with Gasteiger partial charge in [0.15, 0.2) is 0 Å². The molecule has 2 aromatic carbocycles. The first-order valence-corrected chi connectivity index (χ1v) is 8.45. The normalized spacial score (nSPS) is 13.8. The molecule has 1 atom stereocenters. The Morgan fingerprint density at radius 1 is 1.20 bits per heavy atom. The number of benzene rings is 2. The highest BCUT2D eigenvalue weighted by molar-refractivity contribution is 6.34. The average Bonchev–Trinajstić information content (AvgIpc) is 3.04. The number of hydrogen-bond donors (Lipinski definition) is 2. The fraction of sp³-hybridized carbons (Fsp3) is 0.278. The molecule has 3 rings (SSSR count). The Hall–Kier alpha value is -2.60. The molecule has 2 N–H and O–H groups in total. The second kappa shape index (κ2) is 7.11. The Bertz CT molecular complexity index is 838. The highest BCUT2D eigenvalue weighted by Gasteiger charge is 2.17. The van der Waals surface area contributed by atoms with E-state index >= 15 is 0 Å². The number of non-ortho nitro benzene ring substituents is 1. The zero-order valence-corrected chi connectivity index (χ0v) is 14.5. The largest absolute Gasteiger partial charge is 0.374 e. The lowest BCUT2D eigenvalue weighted by Gasteiger charge is -2.16. The first kappa shape index (κ1) is 17.2. The Labute approximate surface area is 150 Å². The van der Waals surface area contributed by atoms with Gasteiger partial charge in [-0.05, 0) is 55.5 Å². The van der Waals surface area contributed by atoms with Gasteiger partial charge in [0.1, 0.15) is 6.04 Å². The van der Waals surface area contributed by atoms with Crippen molar-refractivity contribution in [3.63, 3.8) is 0 Å². The summed E-state index contributed by atoms with van der Waals surface area (Å²) in [5.74, 6) is -0.267. The first-order chi connectivity index (χ1) is 11.9. The maximum absolute atomic E-state index is 12.4. The highest BCUT2D eigenvalue weighted by atomic mass is 35.5. The van der Waals surface area contributed by atoms with Crippen molar-refractivity contribution in [2.75, 3.05) is 10.6 Å². The number of nitrogens with one attached hydrogen (secondary N) is 2. The second-order valence-electron chi connectivity index (χ2n) is 6.11. The minimum atomic E-state index is -0.532. The molecule has 2 aromatic rings. The summed E-state index contributed by atoms with van der Waals surface area (Å²) in [4.78, 5) is 22.6. The van der Waals surface area contributed by atoms with E-state index in [4.69, 9.17) is 11.6 Å². The molecule has 1 amide bonds. The zero-order chi connectivity index (χ0) is 18.0. The van der Waals surface area contributed by atoms with Crippen molar-refractivity contribution >= 4 is 34.6 Å². The van der Waals surface area contributed by atoms with E-state index in [0.717, 1.165) is 18.5 Å². The maximum atomic E-state index is 12.4. The number of hydrogen-bond acceptors (Lipinski definition) is 4.